The molecular weight excluding hydrogens is 348 g/mol. The Hall–Kier alpha value is -3.74. The van der Waals surface area contributed by atoms with Crippen LogP contribution in [-0.2, 0) is 9.53 Å². The standard InChI is InChI=1S/C20H16N2O5/c1-13(19(23)21-17-7-4-8-18(12-17)22(25)26)27-20(24)16-10-9-14-5-2-3-6-15(14)11-16/h2-13H,1H3,(H,21,23)/t13-/m1/s1. The van der Waals surface area contributed by atoms with Crippen molar-refractivity contribution in [2.24, 2.45) is 0 Å². The summed E-state index contributed by atoms with van der Waals surface area (Å²) in [7, 11) is 0. The van der Waals surface area contributed by atoms with E-state index in [1.165, 1.54) is 31.2 Å². The van der Waals surface area contributed by atoms with E-state index in [0.29, 0.717) is 5.56 Å². The van der Waals surface area contributed by atoms with Gasteiger partial charge in [-0.25, -0.2) is 4.79 Å². The van der Waals surface area contributed by atoms with E-state index in [1.54, 1.807) is 18.2 Å². The van der Waals surface area contributed by atoms with Crippen LogP contribution in [0.2, 0.25) is 0 Å². The molecule has 1 N–H and O–H groups in total. The summed E-state index contributed by atoms with van der Waals surface area (Å²) in [5.41, 5.74) is 0.445. The molecule has 0 aliphatic heterocycles. The average molecular weight is 364 g/mol. The molecule has 0 aliphatic carbocycles. The first-order valence-corrected chi connectivity index (χ1v) is 8.19. The Morgan fingerprint density at radius 2 is 1.74 bits per heavy atom. The van der Waals surface area contributed by atoms with Crippen LogP contribution in [0.3, 0.4) is 0 Å². The van der Waals surface area contributed by atoms with E-state index >= 15 is 0 Å². The van der Waals surface area contributed by atoms with Gasteiger partial charge in [0.1, 0.15) is 0 Å². The molecule has 0 saturated heterocycles. The second-order valence-corrected chi connectivity index (χ2v) is 5.91. The zero-order valence-corrected chi connectivity index (χ0v) is 14.4. The number of carbonyl (C=O) groups is 2. The number of benzene rings is 3. The summed E-state index contributed by atoms with van der Waals surface area (Å²) in [6.45, 7) is 1.44. The van der Waals surface area contributed by atoms with Crippen LogP contribution in [0.1, 0.15) is 17.3 Å². The number of non-ortho nitro benzene ring substituents is 1. The Bertz CT molecular complexity index is 1030. The molecule has 0 spiro atoms. The molecule has 136 valence electrons. The minimum Gasteiger partial charge on any atom is -0.449 e. The molecule has 3 aromatic rings. The number of anilines is 1. The molecule has 0 unspecified atom stereocenters. The van der Waals surface area contributed by atoms with Crippen molar-refractivity contribution in [1.29, 1.82) is 0 Å². The predicted octanol–water partition coefficient (Wildman–Crippen LogP) is 3.93. The number of ether oxygens (including phenoxy) is 1. The van der Waals surface area contributed by atoms with Crippen molar-refractivity contribution in [3.05, 3.63) is 82.4 Å². The molecule has 0 radical (unpaired) electrons. The summed E-state index contributed by atoms with van der Waals surface area (Å²) in [4.78, 5) is 34.8. The third-order valence-corrected chi connectivity index (χ3v) is 3.96. The van der Waals surface area contributed by atoms with E-state index in [4.69, 9.17) is 4.74 Å². The zero-order valence-electron chi connectivity index (χ0n) is 14.4. The lowest BCUT2D eigenvalue weighted by Crippen LogP contribution is -2.30. The van der Waals surface area contributed by atoms with Crippen molar-refractivity contribution in [2.75, 3.05) is 5.32 Å². The van der Waals surface area contributed by atoms with Gasteiger partial charge in [0.25, 0.3) is 11.6 Å². The van der Waals surface area contributed by atoms with E-state index in [-0.39, 0.29) is 11.4 Å². The number of hydrogen-bond acceptors (Lipinski definition) is 5. The Labute approximate surface area is 154 Å². The maximum atomic E-state index is 12.3. The second-order valence-electron chi connectivity index (χ2n) is 5.91. The maximum Gasteiger partial charge on any atom is 0.338 e. The molecule has 3 rings (SSSR count). The monoisotopic (exact) mass is 364 g/mol. The van der Waals surface area contributed by atoms with Gasteiger partial charge in [-0.15, -0.1) is 0 Å². The molecule has 3 aromatic carbocycles. The lowest BCUT2D eigenvalue weighted by Gasteiger charge is -2.13. The van der Waals surface area contributed by atoms with E-state index in [1.807, 2.05) is 24.3 Å². The Morgan fingerprint density at radius 1 is 1.00 bits per heavy atom. The molecule has 0 aromatic heterocycles. The van der Waals surface area contributed by atoms with Crippen LogP contribution in [0.25, 0.3) is 10.8 Å². The van der Waals surface area contributed by atoms with E-state index in [2.05, 4.69) is 5.32 Å². The van der Waals surface area contributed by atoms with Gasteiger partial charge in [0.05, 0.1) is 10.5 Å². The highest BCUT2D eigenvalue weighted by atomic mass is 16.6. The van der Waals surface area contributed by atoms with Gasteiger partial charge < -0.3 is 10.1 Å². The van der Waals surface area contributed by atoms with Crippen molar-refractivity contribution in [3.63, 3.8) is 0 Å². The molecule has 0 bridgehead atoms. The number of rotatable bonds is 5. The van der Waals surface area contributed by atoms with Crippen LogP contribution < -0.4 is 5.32 Å². The minimum absolute atomic E-state index is 0.145. The van der Waals surface area contributed by atoms with Crippen molar-refractivity contribution >= 4 is 34.0 Å². The first-order chi connectivity index (χ1) is 12.9. The van der Waals surface area contributed by atoms with Gasteiger partial charge in [-0.3, -0.25) is 14.9 Å². The predicted molar refractivity (Wildman–Crippen MR) is 101 cm³/mol. The normalized spacial score (nSPS) is 11.6. The summed E-state index contributed by atoms with van der Waals surface area (Å²) >= 11 is 0. The number of nitro groups is 1. The third kappa shape index (κ3) is 4.27. The van der Waals surface area contributed by atoms with E-state index in [9.17, 15) is 19.7 Å². The summed E-state index contributed by atoms with van der Waals surface area (Å²) in [6, 6.07) is 18.2. The molecular formula is C20H16N2O5. The molecule has 7 heteroatoms. The molecule has 1 atom stereocenters. The number of nitrogens with zero attached hydrogens (tertiary/aromatic N) is 1. The molecule has 0 fully saturated rings. The van der Waals surface area contributed by atoms with Gasteiger partial charge in [0, 0.05) is 17.8 Å². The van der Waals surface area contributed by atoms with E-state index < -0.39 is 22.9 Å². The molecule has 0 heterocycles. The van der Waals surface area contributed by atoms with Crippen LogP contribution in [0.15, 0.2) is 66.7 Å². The fraction of sp³-hybridized carbons (Fsp3) is 0.100. The maximum absolute atomic E-state index is 12.3. The van der Waals surface area contributed by atoms with Gasteiger partial charge >= 0.3 is 5.97 Å². The number of fused-ring (bicyclic) bond motifs is 1. The highest BCUT2D eigenvalue weighted by Gasteiger charge is 2.20. The average Bonchev–Trinajstić information content (AvgIpc) is 2.67. The topological polar surface area (TPSA) is 98.5 Å². The fourth-order valence-corrected chi connectivity index (χ4v) is 2.54. The lowest BCUT2D eigenvalue weighted by atomic mass is 10.1. The van der Waals surface area contributed by atoms with Crippen molar-refractivity contribution in [3.8, 4) is 0 Å². The van der Waals surface area contributed by atoms with Crippen LogP contribution in [-0.4, -0.2) is 22.9 Å². The van der Waals surface area contributed by atoms with Crippen LogP contribution in [0.5, 0.6) is 0 Å². The largest absolute Gasteiger partial charge is 0.449 e. The summed E-state index contributed by atoms with van der Waals surface area (Å²) in [6.07, 6.45) is -1.07. The second kappa shape index (κ2) is 7.65. The summed E-state index contributed by atoms with van der Waals surface area (Å²) in [5, 5.41) is 15.2. The first-order valence-electron chi connectivity index (χ1n) is 8.19. The molecule has 27 heavy (non-hydrogen) atoms. The Kier molecular flexibility index (Phi) is 5.12. The summed E-state index contributed by atoms with van der Waals surface area (Å²) in [5.74, 6) is -1.20. The number of carbonyl (C=O) groups excluding carboxylic acids is 2. The molecule has 1 amide bonds. The first kappa shape index (κ1) is 18.1. The van der Waals surface area contributed by atoms with Crippen molar-refractivity contribution in [1.82, 2.24) is 0 Å². The Morgan fingerprint density at radius 3 is 2.48 bits per heavy atom. The highest BCUT2D eigenvalue weighted by Crippen LogP contribution is 2.19. The van der Waals surface area contributed by atoms with Gasteiger partial charge in [0.15, 0.2) is 6.10 Å². The van der Waals surface area contributed by atoms with Crippen LogP contribution in [0.4, 0.5) is 11.4 Å². The number of nitro benzene ring substituents is 1. The summed E-state index contributed by atoms with van der Waals surface area (Å²) < 4.78 is 5.21. The number of nitrogens with one attached hydrogen (secondary N) is 1. The highest BCUT2D eigenvalue weighted by molar-refractivity contribution is 5.99. The number of hydrogen-bond donors (Lipinski definition) is 1. The SMILES string of the molecule is C[C@@H](OC(=O)c1ccc2ccccc2c1)C(=O)Nc1cccc([N+](=O)[O-])c1. The molecule has 0 aliphatic rings. The number of esters is 1. The van der Waals surface area contributed by atoms with Crippen molar-refractivity contribution in [2.45, 2.75) is 13.0 Å². The van der Waals surface area contributed by atoms with Gasteiger partial charge in [-0.1, -0.05) is 36.4 Å². The molecule has 0 saturated carbocycles. The van der Waals surface area contributed by atoms with Gasteiger partial charge in [0.2, 0.25) is 0 Å². The van der Waals surface area contributed by atoms with Gasteiger partial charge in [-0.2, -0.15) is 0 Å². The van der Waals surface area contributed by atoms with E-state index in [0.717, 1.165) is 10.8 Å². The minimum atomic E-state index is -1.07. The van der Waals surface area contributed by atoms with Gasteiger partial charge in [-0.05, 0) is 35.9 Å². The van der Waals surface area contributed by atoms with Crippen molar-refractivity contribution < 1.29 is 19.2 Å². The molecule has 7 nitrogen and oxygen atoms in total. The zero-order chi connectivity index (χ0) is 19.4. The quantitative estimate of drug-likeness (QED) is 0.420. The Balaban J connectivity index is 1.67. The van der Waals surface area contributed by atoms with Crippen LogP contribution in [0, 0.1) is 10.1 Å². The number of amides is 1. The third-order valence-electron chi connectivity index (χ3n) is 3.96. The fourth-order valence-electron chi connectivity index (χ4n) is 2.54. The smallest absolute Gasteiger partial charge is 0.338 e. The van der Waals surface area contributed by atoms with Crippen LogP contribution >= 0.6 is 0 Å². The lowest BCUT2D eigenvalue weighted by molar-refractivity contribution is -0.384.